The molecule has 12 heteroatoms. The van der Waals surface area contributed by atoms with Gasteiger partial charge in [-0.15, -0.1) is 0 Å². The lowest BCUT2D eigenvalue weighted by Crippen LogP contribution is -2.52. The number of rotatable bonds is 20. The van der Waals surface area contributed by atoms with Gasteiger partial charge in [-0.1, -0.05) is 69.2 Å². The summed E-state index contributed by atoms with van der Waals surface area (Å²) < 4.78 is 22.7. The summed E-state index contributed by atoms with van der Waals surface area (Å²) in [5, 5.41) is 44.2. The largest absolute Gasteiger partial charge is 0.494 e. The maximum Gasteiger partial charge on any atom is 0.410 e. The number of ether oxygens (including phenoxy) is 4. The third-order valence-electron chi connectivity index (χ3n) is 8.32. The number of carbonyl (C=O) groups is 2. The molecular formula is C43H64N2O10. The fourth-order valence-electron chi connectivity index (χ4n) is 5.23. The zero-order valence-corrected chi connectivity index (χ0v) is 33.9. The molecule has 0 saturated heterocycles. The number of nitrogens with zero attached hydrogens (tertiary/aromatic N) is 1. The van der Waals surface area contributed by atoms with Crippen molar-refractivity contribution in [3.05, 3.63) is 65.7 Å². The lowest BCUT2D eigenvalue weighted by atomic mass is 10.00. The first-order valence-corrected chi connectivity index (χ1v) is 19.2. The third-order valence-corrected chi connectivity index (χ3v) is 8.32. The van der Waals surface area contributed by atoms with Crippen LogP contribution in [-0.2, 0) is 9.47 Å². The summed E-state index contributed by atoms with van der Waals surface area (Å²) >= 11 is 0. The van der Waals surface area contributed by atoms with Gasteiger partial charge >= 0.3 is 12.2 Å². The fourth-order valence-corrected chi connectivity index (χ4v) is 5.23. The predicted molar refractivity (Wildman–Crippen MR) is 214 cm³/mol. The molecule has 0 aliphatic heterocycles. The Labute approximate surface area is 327 Å². The Morgan fingerprint density at radius 1 is 0.836 bits per heavy atom. The second-order valence-electron chi connectivity index (χ2n) is 15.4. The van der Waals surface area contributed by atoms with Crippen LogP contribution >= 0.6 is 0 Å². The highest BCUT2D eigenvalue weighted by Gasteiger charge is 2.33. The standard InChI is InChI=1S/C43H64N2O10/c1-9-11-12-26-52-34-19-13-33(14-20-34)18-24-39(49)37(30-47)45(41(51)55-43(6,7)8)28-31(10-2)25-27-53-35-21-15-32(16-22-35)17-23-38(48)36(29-46)44-40(50)54-42(3,4)5/h13-17,19-23,31,36-39,46-49H,9-12,25-30H2,1-8H3,(H,44,50). The molecule has 5 N–H and O–H groups in total. The van der Waals surface area contributed by atoms with E-state index < -0.39 is 60.9 Å². The minimum atomic E-state index is -1.35. The van der Waals surface area contributed by atoms with Crippen LogP contribution in [0, 0.1) is 17.8 Å². The molecule has 0 radical (unpaired) electrons. The predicted octanol–water partition coefficient (Wildman–Crippen LogP) is 6.32. The molecule has 2 rings (SSSR count). The first-order valence-electron chi connectivity index (χ1n) is 19.2. The minimum absolute atomic E-state index is 0.0518. The maximum atomic E-state index is 13.5. The second kappa shape index (κ2) is 23.6. The minimum Gasteiger partial charge on any atom is -0.494 e. The first-order chi connectivity index (χ1) is 26.0. The zero-order valence-electron chi connectivity index (χ0n) is 33.9. The van der Waals surface area contributed by atoms with Crippen LogP contribution in [0.5, 0.6) is 11.5 Å². The molecular weight excluding hydrogens is 704 g/mol. The molecule has 5 unspecified atom stereocenters. The summed E-state index contributed by atoms with van der Waals surface area (Å²) in [6, 6.07) is 12.5. The number of hydrogen-bond acceptors (Lipinski definition) is 10. The van der Waals surface area contributed by atoms with E-state index in [0.717, 1.165) is 30.6 Å². The summed E-state index contributed by atoms with van der Waals surface area (Å²) in [5.74, 6) is 7.06. The average molecular weight is 769 g/mol. The lowest BCUT2D eigenvalue weighted by molar-refractivity contribution is -0.0141. The molecule has 0 aliphatic carbocycles. The van der Waals surface area contributed by atoms with Crippen molar-refractivity contribution in [1.29, 1.82) is 0 Å². The highest BCUT2D eigenvalue weighted by atomic mass is 16.6. The van der Waals surface area contributed by atoms with Gasteiger partial charge in [-0.2, -0.15) is 0 Å². The maximum absolute atomic E-state index is 13.5. The summed E-state index contributed by atoms with van der Waals surface area (Å²) in [6.07, 6.45) is 3.73. The third kappa shape index (κ3) is 18.7. The number of unbranched alkanes of at least 4 members (excludes halogenated alkanes) is 2. The molecule has 0 spiro atoms. The van der Waals surface area contributed by atoms with Crippen molar-refractivity contribution < 1.29 is 49.0 Å². The Bertz CT molecular complexity index is 1500. The van der Waals surface area contributed by atoms with Gasteiger partial charge in [0.25, 0.3) is 0 Å². The van der Waals surface area contributed by atoms with E-state index in [2.05, 4.69) is 24.1 Å². The van der Waals surface area contributed by atoms with E-state index >= 15 is 0 Å². The van der Waals surface area contributed by atoms with E-state index in [0.29, 0.717) is 37.4 Å². The van der Waals surface area contributed by atoms with E-state index in [4.69, 9.17) is 18.9 Å². The Kier molecular flexibility index (Phi) is 20.1. The summed E-state index contributed by atoms with van der Waals surface area (Å²) in [4.78, 5) is 26.9. The number of aliphatic hydroxyl groups excluding tert-OH is 4. The normalized spacial score (nSPS) is 14.5. The molecule has 0 aromatic heterocycles. The van der Waals surface area contributed by atoms with Gasteiger partial charge in [0.15, 0.2) is 0 Å². The van der Waals surface area contributed by atoms with Crippen molar-refractivity contribution in [1.82, 2.24) is 10.2 Å². The number of amides is 2. The van der Waals surface area contributed by atoms with Crippen molar-refractivity contribution in [2.75, 3.05) is 33.0 Å². The van der Waals surface area contributed by atoms with Gasteiger partial charge in [-0.3, -0.25) is 4.90 Å². The number of aliphatic hydroxyl groups is 4. The molecule has 55 heavy (non-hydrogen) atoms. The highest BCUT2D eigenvalue weighted by molar-refractivity contribution is 5.69. The fraction of sp³-hybridized carbons (Fsp3) is 0.581. The molecule has 5 atom stereocenters. The number of alkyl carbamates (subject to hydrolysis) is 1. The molecule has 2 amide bonds. The molecule has 2 aromatic carbocycles. The van der Waals surface area contributed by atoms with E-state index in [-0.39, 0.29) is 12.5 Å². The van der Waals surface area contributed by atoms with Gasteiger partial charge in [-0.25, -0.2) is 9.59 Å². The van der Waals surface area contributed by atoms with E-state index in [9.17, 15) is 30.0 Å². The highest BCUT2D eigenvalue weighted by Crippen LogP contribution is 2.21. The topological polar surface area (TPSA) is 167 Å². The summed E-state index contributed by atoms with van der Waals surface area (Å²) in [5.41, 5.74) is -0.0879. The summed E-state index contributed by atoms with van der Waals surface area (Å²) in [7, 11) is 0. The van der Waals surface area contributed by atoms with Crippen LogP contribution in [0.3, 0.4) is 0 Å². The van der Waals surface area contributed by atoms with Crippen LogP contribution in [0.4, 0.5) is 9.59 Å². The van der Waals surface area contributed by atoms with Gasteiger partial charge in [-0.05, 0) is 102 Å². The smallest absolute Gasteiger partial charge is 0.410 e. The van der Waals surface area contributed by atoms with Crippen LogP contribution in [0.25, 0.3) is 6.08 Å². The summed E-state index contributed by atoms with van der Waals surface area (Å²) in [6.45, 7) is 14.8. The number of carbonyl (C=O) groups excluding carboxylic acids is 2. The molecule has 2 aromatic rings. The van der Waals surface area contributed by atoms with Crippen LogP contribution in [0.2, 0.25) is 0 Å². The molecule has 0 fully saturated rings. The van der Waals surface area contributed by atoms with E-state index in [1.54, 1.807) is 84.0 Å². The first kappa shape index (κ1) is 46.9. The molecule has 12 nitrogen and oxygen atoms in total. The number of nitrogens with one attached hydrogen (secondary N) is 1. The van der Waals surface area contributed by atoms with Crippen molar-refractivity contribution >= 4 is 18.3 Å². The van der Waals surface area contributed by atoms with Crippen molar-refractivity contribution in [3.63, 3.8) is 0 Å². The van der Waals surface area contributed by atoms with Gasteiger partial charge < -0.3 is 44.7 Å². The second-order valence-corrected chi connectivity index (χ2v) is 15.4. The van der Waals surface area contributed by atoms with Crippen molar-refractivity contribution in [3.8, 4) is 23.3 Å². The van der Waals surface area contributed by atoms with Gasteiger partial charge in [0.1, 0.15) is 28.8 Å². The van der Waals surface area contributed by atoms with Gasteiger partial charge in [0.2, 0.25) is 0 Å². The Balaban J connectivity index is 2.05. The number of hydrogen-bond donors (Lipinski definition) is 5. The molecule has 0 saturated carbocycles. The van der Waals surface area contributed by atoms with Crippen molar-refractivity contribution in [2.45, 2.75) is 123 Å². The van der Waals surface area contributed by atoms with Crippen molar-refractivity contribution in [2.24, 2.45) is 5.92 Å². The van der Waals surface area contributed by atoms with Gasteiger partial charge in [0.05, 0.1) is 44.6 Å². The van der Waals surface area contributed by atoms with Crippen LogP contribution in [0.15, 0.2) is 54.6 Å². The zero-order chi connectivity index (χ0) is 41.0. The average Bonchev–Trinajstić information content (AvgIpc) is 3.12. The Morgan fingerprint density at radius 3 is 1.98 bits per heavy atom. The number of benzene rings is 2. The molecule has 0 bridgehead atoms. The lowest BCUT2D eigenvalue weighted by Gasteiger charge is -2.35. The Morgan fingerprint density at radius 2 is 1.44 bits per heavy atom. The van der Waals surface area contributed by atoms with Crippen LogP contribution < -0.4 is 14.8 Å². The molecule has 306 valence electrons. The monoisotopic (exact) mass is 768 g/mol. The Hall–Kier alpha value is -4.28. The van der Waals surface area contributed by atoms with Crippen LogP contribution in [-0.4, -0.2) is 106 Å². The van der Waals surface area contributed by atoms with E-state index in [1.807, 2.05) is 19.1 Å². The SMILES string of the molecule is CCCCCOc1ccc(C#CC(O)C(CO)N(CC(CC)CCOc2ccc(C=CC(O)C(CO)NC(=O)OC(C)(C)C)cc2)C(=O)OC(C)(C)C)cc1. The van der Waals surface area contributed by atoms with Crippen LogP contribution in [0.1, 0.15) is 98.6 Å². The van der Waals surface area contributed by atoms with E-state index in [1.165, 1.54) is 11.0 Å². The quantitative estimate of drug-likeness (QED) is 0.0760. The van der Waals surface area contributed by atoms with Gasteiger partial charge in [0, 0.05) is 12.1 Å². The molecule has 0 heterocycles. The molecule has 0 aliphatic rings.